The van der Waals surface area contributed by atoms with Crippen molar-refractivity contribution in [2.24, 2.45) is 0 Å². The Morgan fingerprint density at radius 1 is 1.12 bits per heavy atom. The lowest BCUT2D eigenvalue weighted by Crippen LogP contribution is -2.25. The SMILES string of the molecule is CCCN(CCC)Cc1ccccc1C#N. The van der Waals surface area contributed by atoms with E-state index in [-0.39, 0.29) is 0 Å². The van der Waals surface area contributed by atoms with Gasteiger partial charge in [-0.2, -0.15) is 5.26 Å². The van der Waals surface area contributed by atoms with E-state index in [9.17, 15) is 0 Å². The molecule has 0 N–H and O–H groups in total. The molecule has 0 aliphatic heterocycles. The highest BCUT2D eigenvalue weighted by Crippen LogP contribution is 2.11. The summed E-state index contributed by atoms with van der Waals surface area (Å²) in [6.45, 7) is 7.49. The van der Waals surface area contributed by atoms with Gasteiger partial charge in [0.25, 0.3) is 0 Å². The van der Waals surface area contributed by atoms with E-state index in [1.54, 1.807) is 0 Å². The molecule has 0 aliphatic rings. The number of nitrogens with zero attached hydrogens (tertiary/aromatic N) is 2. The molecule has 0 bridgehead atoms. The lowest BCUT2D eigenvalue weighted by molar-refractivity contribution is 0.266. The molecule has 0 saturated carbocycles. The average Bonchev–Trinajstić information content (AvgIpc) is 2.30. The first-order chi connectivity index (χ1) is 7.81. The molecule has 0 heterocycles. The van der Waals surface area contributed by atoms with E-state index < -0.39 is 0 Å². The van der Waals surface area contributed by atoms with Gasteiger partial charge in [-0.1, -0.05) is 32.0 Å². The molecule has 1 rings (SSSR count). The van der Waals surface area contributed by atoms with Crippen LogP contribution in [0.4, 0.5) is 0 Å². The van der Waals surface area contributed by atoms with E-state index in [0.717, 1.165) is 43.6 Å². The van der Waals surface area contributed by atoms with Gasteiger partial charge in [0, 0.05) is 6.54 Å². The van der Waals surface area contributed by atoms with Crippen LogP contribution >= 0.6 is 0 Å². The molecule has 0 atom stereocenters. The molecule has 86 valence electrons. The Morgan fingerprint density at radius 2 is 1.75 bits per heavy atom. The fourth-order valence-corrected chi connectivity index (χ4v) is 1.91. The van der Waals surface area contributed by atoms with Crippen LogP contribution < -0.4 is 0 Å². The minimum absolute atomic E-state index is 0.805. The Bertz CT molecular complexity index is 346. The third-order valence-corrected chi connectivity index (χ3v) is 2.61. The van der Waals surface area contributed by atoms with Crippen molar-refractivity contribution in [3.8, 4) is 6.07 Å². The lowest BCUT2D eigenvalue weighted by atomic mass is 10.1. The highest BCUT2D eigenvalue weighted by atomic mass is 15.1. The smallest absolute Gasteiger partial charge is 0.0995 e. The summed E-state index contributed by atoms with van der Waals surface area (Å²) in [4.78, 5) is 2.41. The van der Waals surface area contributed by atoms with Crippen molar-refractivity contribution in [1.82, 2.24) is 4.90 Å². The lowest BCUT2D eigenvalue weighted by Gasteiger charge is -2.21. The maximum atomic E-state index is 9.02. The summed E-state index contributed by atoms with van der Waals surface area (Å²) < 4.78 is 0. The summed E-state index contributed by atoms with van der Waals surface area (Å²) in [5.41, 5.74) is 1.95. The summed E-state index contributed by atoms with van der Waals surface area (Å²) in [6.07, 6.45) is 2.32. The summed E-state index contributed by atoms with van der Waals surface area (Å²) in [5, 5.41) is 9.02. The first-order valence-corrected chi connectivity index (χ1v) is 6.02. The number of benzene rings is 1. The fraction of sp³-hybridized carbons (Fsp3) is 0.500. The maximum Gasteiger partial charge on any atom is 0.0995 e. The molecule has 0 spiro atoms. The van der Waals surface area contributed by atoms with Crippen LogP contribution in [0.15, 0.2) is 24.3 Å². The molecule has 0 aliphatic carbocycles. The summed E-state index contributed by atoms with van der Waals surface area (Å²) in [7, 11) is 0. The van der Waals surface area contributed by atoms with Crippen LogP contribution in [0.25, 0.3) is 0 Å². The second-order valence-electron chi connectivity index (χ2n) is 4.05. The van der Waals surface area contributed by atoms with Gasteiger partial charge in [-0.25, -0.2) is 0 Å². The standard InChI is InChI=1S/C14H20N2/c1-3-9-16(10-4-2)12-14-8-6-5-7-13(14)11-15/h5-8H,3-4,9-10,12H2,1-2H3. The van der Waals surface area contributed by atoms with Crippen LogP contribution in [0.5, 0.6) is 0 Å². The zero-order valence-electron chi connectivity index (χ0n) is 10.2. The monoisotopic (exact) mass is 216 g/mol. The van der Waals surface area contributed by atoms with Crippen molar-refractivity contribution in [1.29, 1.82) is 5.26 Å². The van der Waals surface area contributed by atoms with Crippen molar-refractivity contribution in [3.05, 3.63) is 35.4 Å². The second kappa shape index (κ2) is 7.03. The predicted molar refractivity (Wildman–Crippen MR) is 67.0 cm³/mol. The van der Waals surface area contributed by atoms with Gasteiger partial charge in [0.15, 0.2) is 0 Å². The fourth-order valence-electron chi connectivity index (χ4n) is 1.91. The van der Waals surface area contributed by atoms with Crippen molar-refractivity contribution in [3.63, 3.8) is 0 Å². The molecule has 0 radical (unpaired) electrons. The summed E-state index contributed by atoms with van der Waals surface area (Å²) >= 11 is 0. The molecule has 2 heteroatoms. The van der Waals surface area contributed by atoms with E-state index in [4.69, 9.17) is 5.26 Å². The molecule has 0 fully saturated rings. The highest BCUT2D eigenvalue weighted by molar-refractivity contribution is 5.37. The third-order valence-electron chi connectivity index (χ3n) is 2.61. The van der Waals surface area contributed by atoms with Crippen LogP contribution in [0.2, 0.25) is 0 Å². The minimum atomic E-state index is 0.805. The summed E-state index contributed by atoms with van der Waals surface area (Å²) in [6, 6.07) is 10.1. The van der Waals surface area contributed by atoms with E-state index in [1.807, 2.05) is 18.2 Å². The molecule has 0 aromatic heterocycles. The van der Waals surface area contributed by atoms with Crippen molar-refractivity contribution in [2.75, 3.05) is 13.1 Å². The molecule has 0 unspecified atom stereocenters. The van der Waals surface area contributed by atoms with Gasteiger partial charge in [-0.3, -0.25) is 4.90 Å². The minimum Gasteiger partial charge on any atom is -0.299 e. The van der Waals surface area contributed by atoms with Crippen LogP contribution in [0.3, 0.4) is 0 Å². The largest absolute Gasteiger partial charge is 0.299 e. The van der Waals surface area contributed by atoms with Gasteiger partial charge >= 0.3 is 0 Å². The van der Waals surface area contributed by atoms with Crippen molar-refractivity contribution < 1.29 is 0 Å². The maximum absolute atomic E-state index is 9.02. The van der Waals surface area contributed by atoms with Gasteiger partial charge in [0.1, 0.15) is 0 Å². The molecule has 1 aromatic rings. The zero-order chi connectivity index (χ0) is 11.8. The average molecular weight is 216 g/mol. The Kier molecular flexibility index (Phi) is 5.60. The number of hydrogen-bond donors (Lipinski definition) is 0. The normalized spacial score (nSPS) is 10.4. The van der Waals surface area contributed by atoms with Crippen LogP contribution in [-0.2, 0) is 6.54 Å². The first kappa shape index (κ1) is 12.7. The molecule has 16 heavy (non-hydrogen) atoms. The molecule has 0 saturated heterocycles. The number of rotatable bonds is 6. The van der Waals surface area contributed by atoms with Crippen molar-refractivity contribution >= 4 is 0 Å². The van der Waals surface area contributed by atoms with Gasteiger partial charge in [-0.05, 0) is 37.6 Å². The molecular weight excluding hydrogens is 196 g/mol. The summed E-state index contributed by atoms with van der Waals surface area (Å²) in [5.74, 6) is 0. The Labute approximate surface area is 98.5 Å². The van der Waals surface area contributed by atoms with Crippen LogP contribution in [-0.4, -0.2) is 18.0 Å². The quantitative estimate of drug-likeness (QED) is 0.730. The van der Waals surface area contributed by atoms with Crippen LogP contribution in [0, 0.1) is 11.3 Å². The molecule has 2 nitrogen and oxygen atoms in total. The number of hydrogen-bond acceptors (Lipinski definition) is 2. The highest BCUT2D eigenvalue weighted by Gasteiger charge is 2.06. The number of nitriles is 1. The first-order valence-electron chi connectivity index (χ1n) is 6.02. The van der Waals surface area contributed by atoms with Gasteiger partial charge < -0.3 is 0 Å². The zero-order valence-corrected chi connectivity index (χ0v) is 10.2. The molecular formula is C14H20N2. The van der Waals surface area contributed by atoms with Gasteiger partial charge in [-0.15, -0.1) is 0 Å². The Morgan fingerprint density at radius 3 is 2.31 bits per heavy atom. The Balaban J connectivity index is 2.72. The van der Waals surface area contributed by atoms with Gasteiger partial charge in [0.2, 0.25) is 0 Å². The van der Waals surface area contributed by atoms with Crippen molar-refractivity contribution in [2.45, 2.75) is 33.2 Å². The van der Waals surface area contributed by atoms with E-state index in [0.29, 0.717) is 0 Å². The van der Waals surface area contributed by atoms with Gasteiger partial charge in [0.05, 0.1) is 11.6 Å². The second-order valence-corrected chi connectivity index (χ2v) is 4.05. The van der Waals surface area contributed by atoms with E-state index >= 15 is 0 Å². The Hall–Kier alpha value is -1.33. The molecule has 1 aromatic carbocycles. The van der Waals surface area contributed by atoms with Crippen LogP contribution in [0.1, 0.15) is 37.8 Å². The predicted octanol–water partition coefficient (Wildman–Crippen LogP) is 3.18. The topological polar surface area (TPSA) is 27.0 Å². The van der Waals surface area contributed by atoms with E-state index in [2.05, 4.69) is 30.9 Å². The third kappa shape index (κ3) is 3.67. The van der Waals surface area contributed by atoms with E-state index in [1.165, 1.54) is 0 Å². The molecule has 0 amide bonds.